The van der Waals surface area contributed by atoms with Crippen molar-refractivity contribution in [3.63, 3.8) is 0 Å². The van der Waals surface area contributed by atoms with Crippen LogP contribution in [-0.2, 0) is 4.74 Å². The second-order valence-corrected chi connectivity index (χ2v) is 8.28. The molecule has 4 heteroatoms. The van der Waals surface area contributed by atoms with Crippen molar-refractivity contribution in [3.05, 3.63) is 0 Å². The lowest BCUT2D eigenvalue weighted by atomic mass is 9.88. The van der Waals surface area contributed by atoms with E-state index in [-0.39, 0.29) is 6.10 Å². The lowest BCUT2D eigenvalue weighted by molar-refractivity contribution is -0.00865. The largest absolute Gasteiger partial charge is 0.389 e. The Kier molecular flexibility index (Phi) is 9.26. The van der Waals surface area contributed by atoms with Gasteiger partial charge in [0.05, 0.1) is 18.8 Å². The SMILES string of the molecule is CSC1(CNCC(O)COC(C)CC(C)C)CCCCC1. The maximum absolute atomic E-state index is 10.0. The standard InChI is InChI=1S/C17H35NO2S/c1-14(2)10-15(3)20-12-16(19)11-18-13-17(21-4)8-6-5-7-9-17/h14-16,18-19H,5-13H2,1-4H3. The summed E-state index contributed by atoms with van der Waals surface area (Å²) in [6, 6.07) is 0. The second kappa shape index (κ2) is 10.1. The highest BCUT2D eigenvalue weighted by Crippen LogP contribution is 2.37. The molecule has 3 nitrogen and oxygen atoms in total. The first-order chi connectivity index (χ1) is 9.97. The highest BCUT2D eigenvalue weighted by atomic mass is 32.2. The van der Waals surface area contributed by atoms with Gasteiger partial charge in [-0.05, 0) is 38.4 Å². The van der Waals surface area contributed by atoms with Crippen molar-refractivity contribution in [2.45, 2.75) is 76.3 Å². The zero-order valence-corrected chi connectivity index (χ0v) is 15.2. The molecule has 1 fully saturated rings. The van der Waals surface area contributed by atoms with Crippen molar-refractivity contribution in [1.82, 2.24) is 5.32 Å². The van der Waals surface area contributed by atoms with Gasteiger partial charge in [-0.15, -0.1) is 0 Å². The van der Waals surface area contributed by atoms with Crippen molar-refractivity contribution in [2.24, 2.45) is 5.92 Å². The number of hydrogen-bond acceptors (Lipinski definition) is 4. The summed E-state index contributed by atoms with van der Waals surface area (Å²) in [7, 11) is 0. The number of nitrogens with one attached hydrogen (secondary N) is 1. The molecule has 1 saturated carbocycles. The molecule has 0 saturated heterocycles. The quantitative estimate of drug-likeness (QED) is 0.647. The van der Waals surface area contributed by atoms with Crippen LogP contribution < -0.4 is 5.32 Å². The minimum atomic E-state index is -0.401. The molecule has 0 radical (unpaired) electrons. The highest BCUT2D eigenvalue weighted by molar-refractivity contribution is 8.00. The minimum absolute atomic E-state index is 0.232. The number of hydrogen-bond donors (Lipinski definition) is 2. The van der Waals surface area contributed by atoms with Crippen molar-refractivity contribution >= 4 is 11.8 Å². The monoisotopic (exact) mass is 317 g/mol. The number of thioether (sulfide) groups is 1. The zero-order valence-electron chi connectivity index (χ0n) is 14.4. The smallest absolute Gasteiger partial charge is 0.0897 e. The third kappa shape index (κ3) is 7.87. The molecule has 2 unspecified atom stereocenters. The molecular formula is C17H35NO2S. The van der Waals surface area contributed by atoms with Gasteiger partial charge in [0.2, 0.25) is 0 Å². The summed E-state index contributed by atoms with van der Waals surface area (Å²) in [4.78, 5) is 0. The van der Waals surface area contributed by atoms with Gasteiger partial charge in [0.15, 0.2) is 0 Å². The van der Waals surface area contributed by atoms with Crippen LogP contribution in [0.4, 0.5) is 0 Å². The number of ether oxygens (including phenoxy) is 1. The van der Waals surface area contributed by atoms with Gasteiger partial charge in [0, 0.05) is 17.8 Å². The van der Waals surface area contributed by atoms with E-state index in [4.69, 9.17) is 4.74 Å². The predicted molar refractivity (Wildman–Crippen MR) is 93.1 cm³/mol. The summed E-state index contributed by atoms with van der Waals surface area (Å²) in [6.07, 6.45) is 9.79. The number of aliphatic hydroxyl groups excluding tert-OH is 1. The van der Waals surface area contributed by atoms with Gasteiger partial charge in [-0.25, -0.2) is 0 Å². The van der Waals surface area contributed by atoms with E-state index in [1.165, 1.54) is 32.1 Å². The molecule has 0 amide bonds. The number of aliphatic hydroxyl groups is 1. The summed E-state index contributed by atoms with van der Waals surface area (Å²) < 4.78 is 6.11. The van der Waals surface area contributed by atoms with Crippen LogP contribution in [0.5, 0.6) is 0 Å². The van der Waals surface area contributed by atoms with Crippen LogP contribution in [0.1, 0.15) is 59.3 Å². The van der Waals surface area contributed by atoms with E-state index in [0.717, 1.165) is 13.0 Å². The molecule has 2 atom stereocenters. The Morgan fingerprint density at radius 2 is 1.86 bits per heavy atom. The Labute approximate surface area is 135 Å². The van der Waals surface area contributed by atoms with Gasteiger partial charge in [-0.2, -0.15) is 11.8 Å². The number of rotatable bonds is 10. The molecule has 1 rings (SSSR count). The van der Waals surface area contributed by atoms with Crippen LogP contribution in [0, 0.1) is 5.92 Å². The topological polar surface area (TPSA) is 41.5 Å². The van der Waals surface area contributed by atoms with E-state index < -0.39 is 6.10 Å². The van der Waals surface area contributed by atoms with E-state index >= 15 is 0 Å². The van der Waals surface area contributed by atoms with Gasteiger partial charge >= 0.3 is 0 Å². The molecule has 126 valence electrons. The summed E-state index contributed by atoms with van der Waals surface area (Å²) >= 11 is 1.99. The van der Waals surface area contributed by atoms with Crippen molar-refractivity contribution in [1.29, 1.82) is 0 Å². The molecule has 2 N–H and O–H groups in total. The van der Waals surface area contributed by atoms with Crippen LogP contribution in [0.25, 0.3) is 0 Å². The molecule has 0 aromatic heterocycles. The molecule has 0 aliphatic heterocycles. The van der Waals surface area contributed by atoms with Gasteiger partial charge < -0.3 is 15.2 Å². The van der Waals surface area contributed by atoms with Gasteiger partial charge in [-0.3, -0.25) is 0 Å². The Morgan fingerprint density at radius 1 is 1.19 bits per heavy atom. The first-order valence-electron chi connectivity index (χ1n) is 8.53. The second-order valence-electron chi connectivity index (χ2n) is 7.01. The molecule has 1 aliphatic rings. The van der Waals surface area contributed by atoms with Crippen LogP contribution in [0.2, 0.25) is 0 Å². The average molecular weight is 318 g/mol. The molecule has 21 heavy (non-hydrogen) atoms. The Morgan fingerprint density at radius 3 is 2.43 bits per heavy atom. The molecule has 0 aromatic rings. The predicted octanol–water partition coefficient (Wildman–Crippen LogP) is 3.45. The summed E-state index contributed by atoms with van der Waals surface area (Å²) in [5, 5.41) is 13.5. The molecule has 0 spiro atoms. The highest BCUT2D eigenvalue weighted by Gasteiger charge is 2.30. The molecular weight excluding hydrogens is 282 g/mol. The third-order valence-corrected chi connectivity index (χ3v) is 5.82. The fourth-order valence-corrected chi connectivity index (χ4v) is 4.13. The van der Waals surface area contributed by atoms with Crippen LogP contribution in [0.15, 0.2) is 0 Å². The van der Waals surface area contributed by atoms with Gasteiger partial charge in [0.25, 0.3) is 0 Å². The first-order valence-corrected chi connectivity index (χ1v) is 9.75. The van der Waals surface area contributed by atoms with Gasteiger partial charge in [-0.1, -0.05) is 33.1 Å². The van der Waals surface area contributed by atoms with Crippen molar-refractivity contribution in [3.8, 4) is 0 Å². The molecule has 0 heterocycles. The Balaban J connectivity index is 2.16. The Hall–Kier alpha value is 0.230. The first kappa shape index (κ1) is 19.3. The van der Waals surface area contributed by atoms with E-state index in [2.05, 4.69) is 32.3 Å². The van der Waals surface area contributed by atoms with Crippen LogP contribution >= 0.6 is 11.8 Å². The maximum Gasteiger partial charge on any atom is 0.0897 e. The summed E-state index contributed by atoms with van der Waals surface area (Å²) in [5.41, 5.74) is 0. The fourth-order valence-electron chi connectivity index (χ4n) is 3.18. The summed E-state index contributed by atoms with van der Waals surface area (Å²) in [6.45, 7) is 8.56. The lowest BCUT2D eigenvalue weighted by Crippen LogP contribution is -2.42. The maximum atomic E-state index is 10.0. The van der Waals surface area contributed by atoms with E-state index in [9.17, 15) is 5.11 Å². The third-order valence-electron chi connectivity index (χ3n) is 4.40. The minimum Gasteiger partial charge on any atom is -0.389 e. The molecule has 0 aromatic carbocycles. The average Bonchev–Trinajstić information content (AvgIpc) is 2.45. The van der Waals surface area contributed by atoms with Crippen LogP contribution in [0.3, 0.4) is 0 Å². The normalized spacial score (nSPS) is 21.4. The molecule has 0 bridgehead atoms. The van der Waals surface area contributed by atoms with Crippen LogP contribution in [-0.4, -0.2) is 48.0 Å². The molecule has 1 aliphatic carbocycles. The van der Waals surface area contributed by atoms with E-state index in [1.54, 1.807) is 0 Å². The lowest BCUT2D eigenvalue weighted by Gasteiger charge is -2.36. The Bertz CT molecular complexity index is 268. The summed E-state index contributed by atoms with van der Waals surface area (Å²) in [5.74, 6) is 0.642. The fraction of sp³-hybridized carbons (Fsp3) is 1.00. The van der Waals surface area contributed by atoms with E-state index in [0.29, 0.717) is 23.8 Å². The zero-order chi connectivity index (χ0) is 15.7. The van der Waals surface area contributed by atoms with E-state index in [1.807, 2.05) is 11.8 Å². The van der Waals surface area contributed by atoms with Crippen molar-refractivity contribution < 1.29 is 9.84 Å². The van der Waals surface area contributed by atoms with Crippen molar-refractivity contribution in [2.75, 3.05) is 26.0 Å². The van der Waals surface area contributed by atoms with Gasteiger partial charge in [0.1, 0.15) is 0 Å².